The Labute approximate surface area is 62.5 Å². The van der Waals surface area contributed by atoms with Crippen LogP contribution in [0, 0.1) is 5.41 Å². The van der Waals surface area contributed by atoms with E-state index in [2.05, 4.69) is 6.58 Å². The van der Waals surface area contributed by atoms with Gasteiger partial charge in [-0.15, -0.1) is 0 Å². The number of hydrogen-bond acceptors (Lipinski definition) is 2. The molecule has 0 aliphatic carbocycles. The molecular formula is C8H16O2. The first-order chi connectivity index (χ1) is 4.48. The highest BCUT2D eigenvalue weighted by Crippen LogP contribution is 2.14. The number of allylic oxidation sites excluding steroid dienone is 1. The van der Waals surface area contributed by atoms with Crippen LogP contribution in [0.3, 0.4) is 0 Å². The van der Waals surface area contributed by atoms with Crippen LogP contribution < -0.4 is 0 Å². The molecule has 0 aromatic heterocycles. The quantitative estimate of drug-likeness (QED) is 0.607. The summed E-state index contributed by atoms with van der Waals surface area (Å²) < 4.78 is 5.14. The number of ether oxygens (including phenoxy) is 1. The smallest absolute Gasteiger partial charge is 0.0949 e. The van der Waals surface area contributed by atoms with E-state index in [1.165, 1.54) is 0 Å². The van der Waals surface area contributed by atoms with Crippen LogP contribution in [0.5, 0.6) is 0 Å². The lowest BCUT2D eigenvalue weighted by molar-refractivity contribution is 0.0636. The van der Waals surface area contributed by atoms with Gasteiger partial charge in [0.15, 0.2) is 0 Å². The van der Waals surface area contributed by atoms with Crippen LogP contribution in [0.1, 0.15) is 20.8 Å². The SMILES string of the molecule is C=C(C)OCC(C)(C)CO. The molecule has 0 amide bonds. The average Bonchev–Trinajstić information content (AvgIpc) is 1.85. The predicted octanol–water partition coefficient (Wildman–Crippen LogP) is 1.56. The van der Waals surface area contributed by atoms with Gasteiger partial charge < -0.3 is 9.84 Å². The van der Waals surface area contributed by atoms with E-state index in [9.17, 15) is 0 Å². The van der Waals surface area contributed by atoms with Crippen molar-refractivity contribution in [1.29, 1.82) is 0 Å². The molecule has 0 aromatic rings. The Morgan fingerprint density at radius 2 is 2.10 bits per heavy atom. The predicted molar refractivity (Wildman–Crippen MR) is 41.6 cm³/mol. The number of hydrogen-bond donors (Lipinski definition) is 1. The van der Waals surface area contributed by atoms with Crippen molar-refractivity contribution in [2.24, 2.45) is 5.41 Å². The summed E-state index contributed by atoms with van der Waals surface area (Å²) in [4.78, 5) is 0. The van der Waals surface area contributed by atoms with Gasteiger partial charge in [-0.2, -0.15) is 0 Å². The minimum Gasteiger partial charge on any atom is -0.498 e. The Balaban J connectivity index is 3.56. The largest absolute Gasteiger partial charge is 0.498 e. The lowest BCUT2D eigenvalue weighted by Crippen LogP contribution is -2.22. The van der Waals surface area contributed by atoms with Gasteiger partial charge in [0, 0.05) is 5.41 Å². The van der Waals surface area contributed by atoms with Crippen molar-refractivity contribution in [3.05, 3.63) is 12.3 Å². The first-order valence-electron chi connectivity index (χ1n) is 3.37. The molecule has 0 aliphatic heterocycles. The third-order valence-electron chi connectivity index (χ3n) is 1.14. The summed E-state index contributed by atoms with van der Waals surface area (Å²) in [7, 11) is 0. The van der Waals surface area contributed by atoms with E-state index in [0.29, 0.717) is 12.4 Å². The molecule has 10 heavy (non-hydrogen) atoms. The maximum Gasteiger partial charge on any atom is 0.0949 e. The second kappa shape index (κ2) is 3.62. The third kappa shape index (κ3) is 4.39. The van der Waals surface area contributed by atoms with E-state index in [-0.39, 0.29) is 12.0 Å². The highest BCUT2D eigenvalue weighted by atomic mass is 16.5. The third-order valence-corrected chi connectivity index (χ3v) is 1.14. The average molecular weight is 144 g/mol. The van der Waals surface area contributed by atoms with E-state index < -0.39 is 0 Å². The summed E-state index contributed by atoms with van der Waals surface area (Å²) in [5.74, 6) is 0.696. The fourth-order valence-corrected chi connectivity index (χ4v) is 0.364. The molecule has 60 valence electrons. The Morgan fingerprint density at radius 1 is 1.60 bits per heavy atom. The standard InChI is InChI=1S/C8H16O2/c1-7(2)10-6-8(3,4)5-9/h9H,1,5-6H2,2-4H3. The van der Waals surface area contributed by atoms with E-state index in [1.807, 2.05) is 13.8 Å². The van der Waals surface area contributed by atoms with Gasteiger partial charge in [-0.1, -0.05) is 20.4 Å². The number of aliphatic hydroxyl groups is 1. The molecule has 0 spiro atoms. The molecule has 2 heteroatoms. The zero-order chi connectivity index (χ0) is 8.20. The zero-order valence-corrected chi connectivity index (χ0v) is 6.98. The van der Waals surface area contributed by atoms with Gasteiger partial charge in [0.1, 0.15) is 0 Å². The lowest BCUT2D eigenvalue weighted by Gasteiger charge is -2.21. The molecule has 0 bridgehead atoms. The van der Waals surface area contributed by atoms with Crippen molar-refractivity contribution >= 4 is 0 Å². The van der Waals surface area contributed by atoms with Crippen LogP contribution in [-0.4, -0.2) is 18.3 Å². The molecular weight excluding hydrogens is 128 g/mol. The van der Waals surface area contributed by atoms with Gasteiger partial charge in [0.25, 0.3) is 0 Å². The van der Waals surface area contributed by atoms with Crippen molar-refractivity contribution in [1.82, 2.24) is 0 Å². The van der Waals surface area contributed by atoms with Crippen LogP contribution in [0.2, 0.25) is 0 Å². The van der Waals surface area contributed by atoms with E-state index in [0.717, 1.165) is 0 Å². The summed E-state index contributed by atoms with van der Waals surface area (Å²) in [5.41, 5.74) is -0.154. The van der Waals surface area contributed by atoms with Gasteiger partial charge in [-0.3, -0.25) is 0 Å². The van der Waals surface area contributed by atoms with Gasteiger partial charge in [0.05, 0.1) is 19.0 Å². The van der Waals surface area contributed by atoms with Crippen molar-refractivity contribution in [2.75, 3.05) is 13.2 Å². The summed E-state index contributed by atoms with van der Waals surface area (Å²) in [5, 5.41) is 8.80. The van der Waals surface area contributed by atoms with E-state index in [1.54, 1.807) is 6.92 Å². The van der Waals surface area contributed by atoms with Crippen molar-refractivity contribution in [3.8, 4) is 0 Å². The topological polar surface area (TPSA) is 29.5 Å². The molecule has 0 rings (SSSR count). The van der Waals surface area contributed by atoms with Gasteiger partial charge >= 0.3 is 0 Å². The fourth-order valence-electron chi connectivity index (χ4n) is 0.364. The second-order valence-corrected chi connectivity index (χ2v) is 3.31. The van der Waals surface area contributed by atoms with Crippen LogP contribution in [0.15, 0.2) is 12.3 Å². The highest BCUT2D eigenvalue weighted by Gasteiger charge is 2.16. The fraction of sp³-hybridized carbons (Fsp3) is 0.750. The molecule has 2 nitrogen and oxygen atoms in total. The highest BCUT2D eigenvalue weighted by molar-refractivity contribution is 4.76. The first-order valence-corrected chi connectivity index (χ1v) is 3.37. The molecule has 0 unspecified atom stereocenters. The monoisotopic (exact) mass is 144 g/mol. The maximum absolute atomic E-state index is 8.80. The Bertz CT molecular complexity index is 116. The summed E-state index contributed by atoms with van der Waals surface area (Å²) in [6, 6.07) is 0. The molecule has 0 radical (unpaired) electrons. The van der Waals surface area contributed by atoms with Crippen molar-refractivity contribution in [3.63, 3.8) is 0 Å². The zero-order valence-electron chi connectivity index (χ0n) is 6.98. The molecule has 0 fully saturated rings. The van der Waals surface area contributed by atoms with Gasteiger partial charge in [-0.25, -0.2) is 0 Å². The van der Waals surface area contributed by atoms with Crippen LogP contribution in [0.4, 0.5) is 0 Å². The summed E-state index contributed by atoms with van der Waals surface area (Å²) >= 11 is 0. The molecule has 1 N–H and O–H groups in total. The Kier molecular flexibility index (Phi) is 3.43. The van der Waals surface area contributed by atoms with Gasteiger partial charge in [0.2, 0.25) is 0 Å². The normalized spacial score (nSPS) is 11.2. The lowest BCUT2D eigenvalue weighted by atomic mass is 9.97. The second-order valence-electron chi connectivity index (χ2n) is 3.31. The number of rotatable bonds is 4. The van der Waals surface area contributed by atoms with E-state index >= 15 is 0 Å². The van der Waals surface area contributed by atoms with Crippen molar-refractivity contribution < 1.29 is 9.84 Å². The minimum atomic E-state index is -0.154. The van der Waals surface area contributed by atoms with Gasteiger partial charge in [-0.05, 0) is 6.92 Å². The van der Waals surface area contributed by atoms with Crippen LogP contribution >= 0.6 is 0 Å². The summed E-state index contributed by atoms with van der Waals surface area (Å²) in [6.45, 7) is 9.93. The number of aliphatic hydroxyl groups excluding tert-OH is 1. The summed E-state index contributed by atoms with van der Waals surface area (Å²) in [6.07, 6.45) is 0. The molecule has 0 saturated carbocycles. The van der Waals surface area contributed by atoms with E-state index in [4.69, 9.17) is 9.84 Å². The molecule has 0 aromatic carbocycles. The Morgan fingerprint density at radius 3 is 2.40 bits per heavy atom. The molecule has 0 atom stereocenters. The maximum atomic E-state index is 8.80. The van der Waals surface area contributed by atoms with Crippen molar-refractivity contribution in [2.45, 2.75) is 20.8 Å². The van der Waals surface area contributed by atoms with Crippen LogP contribution in [-0.2, 0) is 4.74 Å². The molecule has 0 heterocycles. The van der Waals surface area contributed by atoms with Crippen LogP contribution in [0.25, 0.3) is 0 Å². The molecule has 0 aliphatic rings. The first kappa shape index (κ1) is 9.50. The Hall–Kier alpha value is -0.500. The molecule has 0 saturated heterocycles. The minimum absolute atomic E-state index is 0.139.